The van der Waals surface area contributed by atoms with Crippen LogP contribution in [0.4, 0.5) is 0 Å². The molecule has 0 fully saturated rings. The Bertz CT molecular complexity index is 293. The highest BCUT2D eigenvalue weighted by atomic mass is 32.1. The second kappa shape index (κ2) is 6.45. The van der Waals surface area contributed by atoms with Crippen LogP contribution in [0, 0.1) is 0 Å². The molecule has 15 heavy (non-hydrogen) atoms. The van der Waals surface area contributed by atoms with Crippen molar-refractivity contribution in [3.05, 3.63) is 22.4 Å². The number of hydrogen-bond donors (Lipinski definition) is 2. The molecular formula is C11H19N3S. The summed E-state index contributed by atoms with van der Waals surface area (Å²) in [5.41, 5.74) is 5.76. The largest absolute Gasteiger partial charge is 0.370 e. The van der Waals surface area contributed by atoms with Crippen LogP contribution in [0.25, 0.3) is 0 Å². The predicted octanol–water partition coefficient (Wildman–Crippen LogP) is 2.51. The molecule has 0 aliphatic heterocycles. The lowest BCUT2D eigenvalue weighted by Gasteiger charge is -2.17. The van der Waals surface area contributed by atoms with Gasteiger partial charge in [-0.1, -0.05) is 19.4 Å². The zero-order chi connectivity index (χ0) is 11.1. The maximum atomic E-state index is 5.76. The van der Waals surface area contributed by atoms with Gasteiger partial charge in [0.25, 0.3) is 0 Å². The standard InChI is InChI=1S/C11H19N3S/c1-3-6-9(10-7-5-8-15-10)14-11(12)13-4-2/h5,7-9H,3-4,6H2,1-2H3,(H3,12,13,14). The minimum absolute atomic E-state index is 0.310. The number of nitrogens with two attached hydrogens (primary N) is 1. The zero-order valence-electron chi connectivity index (χ0n) is 9.36. The number of hydrogen-bond acceptors (Lipinski definition) is 2. The van der Waals surface area contributed by atoms with Crippen molar-refractivity contribution in [2.75, 3.05) is 6.54 Å². The molecule has 1 rings (SSSR count). The SMILES string of the molecule is CCCC(NC(N)=NCC)c1cccs1. The Kier molecular flexibility index (Phi) is 5.18. The predicted molar refractivity (Wildman–Crippen MR) is 67.3 cm³/mol. The van der Waals surface area contributed by atoms with Gasteiger partial charge < -0.3 is 11.1 Å². The van der Waals surface area contributed by atoms with Crippen molar-refractivity contribution in [2.45, 2.75) is 32.7 Å². The monoisotopic (exact) mass is 225 g/mol. The summed E-state index contributed by atoms with van der Waals surface area (Å²) in [6, 6.07) is 4.51. The maximum Gasteiger partial charge on any atom is 0.189 e. The summed E-state index contributed by atoms with van der Waals surface area (Å²) in [6.45, 7) is 4.88. The van der Waals surface area contributed by atoms with Crippen LogP contribution in [0.3, 0.4) is 0 Å². The number of thiophene rings is 1. The fourth-order valence-electron chi connectivity index (χ4n) is 1.46. The molecule has 4 heteroatoms. The molecule has 1 aromatic rings. The Morgan fingerprint density at radius 2 is 2.40 bits per heavy atom. The molecule has 3 N–H and O–H groups in total. The fraction of sp³-hybridized carbons (Fsp3) is 0.545. The number of aliphatic imine (C=N–C) groups is 1. The van der Waals surface area contributed by atoms with E-state index in [0.29, 0.717) is 12.0 Å². The van der Waals surface area contributed by atoms with Gasteiger partial charge in [0.05, 0.1) is 6.04 Å². The van der Waals surface area contributed by atoms with E-state index in [1.54, 1.807) is 11.3 Å². The first-order valence-electron chi connectivity index (χ1n) is 5.37. The quantitative estimate of drug-likeness (QED) is 0.597. The third-order valence-electron chi connectivity index (χ3n) is 2.11. The number of guanidine groups is 1. The second-order valence-corrected chi connectivity index (χ2v) is 4.34. The van der Waals surface area contributed by atoms with Crippen LogP contribution in [0.5, 0.6) is 0 Å². The van der Waals surface area contributed by atoms with E-state index in [2.05, 4.69) is 34.7 Å². The van der Waals surface area contributed by atoms with Gasteiger partial charge >= 0.3 is 0 Å². The van der Waals surface area contributed by atoms with E-state index in [9.17, 15) is 0 Å². The summed E-state index contributed by atoms with van der Waals surface area (Å²) < 4.78 is 0. The molecule has 0 bridgehead atoms. The molecule has 84 valence electrons. The number of rotatable bonds is 5. The van der Waals surface area contributed by atoms with Gasteiger partial charge in [0.15, 0.2) is 5.96 Å². The summed E-state index contributed by atoms with van der Waals surface area (Å²) in [6.07, 6.45) is 2.22. The molecule has 1 unspecified atom stereocenters. The molecule has 1 heterocycles. The Morgan fingerprint density at radius 3 is 2.93 bits per heavy atom. The van der Waals surface area contributed by atoms with Gasteiger partial charge in [0.1, 0.15) is 0 Å². The molecule has 0 saturated heterocycles. The molecule has 1 aromatic heterocycles. The van der Waals surface area contributed by atoms with Crippen LogP contribution in [-0.2, 0) is 0 Å². The second-order valence-electron chi connectivity index (χ2n) is 3.36. The summed E-state index contributed by atoms with van der Waals surface area (Å²) in [4.78, 5) is 5.47. The third-order valence-corrected chi connectivity index (χ3v) is 3.10. The lowest BCUT2D eigenvalue weighted by atomic mass is 10.1. The summed E-state index contributed by atoms with van der Waals surface area (Å²) in [5.74, 6) is 0.546. The third kappa shape index (κ3) is 3.91. The van der Waals surface area contributed by atoms with Crippen LogP contribution in [0.2, 0.25) is 0 Å². The highest BCUT2D eigenvalue weighted by Crippen LogP contribution is 2.22. The van der Waals surface area contributed by atoms with E-state index in [0.717, 1.165) is 19.4 Å². The number of nitrogens with zero attached hydrogens (tertiary/aromatic N) is 1. The fourth-order valence-corrected chi connectivity index (χ4v) is 2.27. The van der Waals surface area contributed by atoms with Crippen LogP contribution in [0.15, 0.2) is 22.5 Å². The van der Waals surface area contributed by atoms with E-state index in [-0.39, 0.29) is 0 Å². The van der Waals surface area contributed by atoms with Gasteiger partial charge in [-0.3, -0.25) is 4.99 Å². The van der Waals surface area contributed by atoms with Crippen molar-refractivity contribution >= 4 is 17.3 Å². The minimum Gasteiger partial charge on any atom is -0.370 e. The Hall–Kier alpha value is -1.03. The van der Waals surface area contributed by atoms with Crippen molar-refractivity contribution in [3.8, 4) is 0 Å². The topological polar surface area (TPSA) is 50.4 Å². The lowest BCUT2D eigenvalue weighted by molar-refractivity contribution is 0.586. The average molecular weight is 225 g/mol. The van der Waals surface area contributed by atoms with Crippen LogP contribution in [-0.4, -0.2) is 12.5 Å². The normalized spacial score (nSPS) is 13.9. The highest BCUT2D eigenvalue weighted by molar-refractivity contribution is 7.10. The summed E-state index contributed by atoms with van der Waals surface area (Å²) >= 11 is 1.76. The molecule has 1 atom stereocenters. The highest BCUT2D eigenvalue weighted by Gasteiger charge is 2.11. The van der Waals surface area contributed by atoms with E-state index >= 15 is 0 Å². The van der Waals surface area contributed by atoms with Crippen molar-refractivity contribution in [1.82, 2.24) is 5.32 Å². The van der Waals surface area contributed by atoms with Crippen LogP contribution >= 0.6 is 11.3 Å². The van der Waals surface area contributed by atoms with Gasteiger partial charge in [-0.15, -0.1) is 11.3 Å². The maximum absolute atomic E-state index is 5.76. The summed E-state index contributed by atoms with van der Waals surface area (Å²) in [5, 5.41) is 5.35. The summed E-state index contributed by atoms with van der Waals surface area (Å²) in [7, 11) is 0. The van der Waals surface area contributed by atoms with Gasteiger partial charge in [-0.25, -0.2) is 0 Å². The minimum atomic E-state index is 0.310. The Morgan fingerprint density at radius 1 is 1.60 bits per heavy atom. The molecule has 0 spiro atoms. The van der Waals surface area contributed by atoms with E-state index in [4.69, 9.17) is 5.73 Å². The first-order chi connectivity index (χ1) is 7.27. The first-order valence-corrected chi connectivity index (χ1v) is 6.25. The van der Waals surface area contributed by atoms with Crippen molar-refractivity contribution < 1.29 is 0 Å². The van der Waals surface area contributed by atoms with Crippen molar-refractivity contribution in [1.29, 1.82) is 0 Å². The smallest absolute Gasteiger partial charge is 0.189 e. The zero-order valence-corrected chi connectivity index (χ0v) is 10.2. The molecule has 0 aliphatic carbocycles. The van der Waals surface area contributed by atoms with Crippen LogP contribution < -0.4 is 11.1 Å². The molecule has 3 nitrogen and oxygen atoms in total. The lowest BCUT2D eigenvalue weighted by Crippen LogP contribution is -2.34. The molecule has 0 saturated carbocycles. The average Bonchev–Trinajstić information content (AvgIpc) is 2.70. The molecule has 0 amide bonds. The molecule has 0 aromatic carbocycles. The number of nitrogens with one attached hydrogen (secondary N) is 1. The molecular weight excluding hydrogens is 206 g/mol. The van der Waals surface area contributed by atoms with E-state index in [1.165, 1.54) is 4.88 Å². The Labute approximate surface area is 95.4 Å². The van der Waals surface area contributed by atoms with Gasteiger partial charge in [0.2, 0.25) is 0 Å². The van der Waals surface area contributed by atoms with E-state index in [1.807, 2.05) is 6.92 Å². The van der Waals surface area contributed by atoms with Gasteiger partial charge in [0, 0.05) is 11.4 Å². The van der Waals surface area contributed by atoms with E-state index < -0.39 is 0 Å². The Balaban J connectivity index is 2.63. The van der Waals surface area contributed by atoms with Gasteiger partial charge in [-0.05, 0) is 24.8 Å². The van der Waals surface area contributed by atoms with Crippen molar-refractivity contribution in [2.24, 2.45) is 10.7 Å². The van der Waals surface area contributed by atoms with Crippen molar-refractivity contribution in [3.63, 3.8) is 0 Å². The van der Waals surface area contributed by atoms with Gasteiger partial charge in [-0.2, -0.15) is 0 Å². The first kappa shape index (κ1) is 12.0. The molecule has 0 radical (unpaired) electrons. The van der Waals surface area contributed by atoms with Crippen LogP contribution in [0.1, 0.15) is 37.6 Å². The molecule has 0 aliphatic rings.